The van der Waals surface area contributed by atoms with Crippen molar-refractivity contribution in [2.24, 2.45) is 4.99 Å². The number of hydrogen-bond acceptors (Lipinski definition) is 2. The number of methoxy groups -OCH3 is 1. The monoisotopic (exact) mass is 385 g/mol. The van der Waals surface area contributed by atoms with Gasteiger partial charge in [-0.15, -0.1) is 0 Å². The summed E-state index contributed by atoms with van der Waals surface area (Å²) in [5.41, 5.74) is 8.11. The lowest BCUT2D eigenvalue weighted by molar-refractivity contribution is 0.416. The molecule has 0 atom stereocenters. The fourth-order valence-electron chi connectivity index (χ4n) is 3.67. The molecule has 0 bridgehead atoms. The van der Waals surface area contributed by atoms with Crippen LogP contribution in [0.3, 0.4) is 0 Å². The van der Waals surface area contributed by atoms with Gasteiger partial charge in [0.1, 0.15) is 5.75 Å². The quantitative estimate of drug-likeness (QED) is 0.397. The highest BCUT2D eigenvalue weighted by atomic mass is 16.5. The van der Waals surface area contributed by atoms with Crippen molar-refractivity contribution in [2.75, 3.05) is 7.11 Å². The third kappa shape index (κ3) is 4.59. The molecule has 0 aliphatic carbocycles. The van der Waals surface area contributed by atoms with Gasteiger partial charge in [0.15, 0.2) is 0 Å². The van der Waals surface area contributed by atoms with Crippen molar-refractivity contribution in [1.29, 1.82) is 0 Å². The van der Waals surface area contributed by atoms with E-state index < -0.39 is 0 Å². The molecule has 0 fully saturated rings. The maximum absolute atomic E-state index is 5.55. The van der Waals surface area contributed by atoms with E-state index in [2.05, 4.69) is 83.1 Å². The first-order chi connectivity index (χ1) is 13.9. The second-order valence-corrected chi connectivity index (χ2v) is 8.07. The van der Waals surface area contributed by atoms with E-state index in [4.69, 9.17) is 9.73 Å². The van der Waals surface area contributed by atoms with Gasteiger partial charge in [0, 0.05) is 11.3 Å². The summed E-state index contributed by atoms with van der Waals surface area (Å²) in [7, 11) is 1.71. The predicted molar refractivity (Wildman–Crippen MR) is 125 cm³/mol. The Morgan fingerprint density at radius 1 is 0.793 bits per heavy atom. The number of nitrogens with zero attached hydrogens (tertiary/aromatic N) is 1. The molecule has 2 heteroatoms. The highest BCUT2D eigenvalue weighted by molar-refractivity contribution is 6.01. The maximum atomic E-state index is 5.55. The summed E-state index contributed by atoms with van der Waals surface area (Å²) in [6.45, 7) is 11.0. The number of rotatable bonds is 6. The molecule has 0 amide bonds. The smallest absolute Gasteiger partial charge is 0.126 e. The summed E-state index contributed by atoms with van der Waals surface area (Å²) < 4.78 is 5.55. The van der Waals surface area contributed by atoms with E-state index in [0.717, 1.165) is 33.8 Å². The molecule has 2 nitrogen and oxygen atoms in total. The number of ether oxygens (including phenoxy) is 1. The lowest BCUT2D eigenvalue weighted by atomic mass is 9.92. The lowest BCUT2D eigenvalue weighted by Crippen LogP contribution is -2.00. The zero-order chi connectivity index (χ0) is 21.0. The summed E-state index contributed by atoms with van der Waals surface area (Å²) in [6, 6.07) is 23.2. The van der Waals surface area contributed by atoms with Gasteiger partial charge in [-0.1, -0.05) is 82.3 Å². The first-order valence-electron chi connectivity index (χ1n) is 10.3. The number of hydrogen-bond donors (Lipinski definition) is 0. The second kappa shape index (κ2) is 9.09. The SMILES string of the molecule is COc1ccccc1-c1cccc(/C(C)=N/c2c(C(C)C)cccc2C(C)C)c1. The van der Waals surface area contributed by atoms with Crippen molar-refractivity contribution in [1.82, 2.24) is 0 Å². The van der Waals surface area contributed by atoms with Crippen LogP contribution in [0.5, 0.6) is 5.75 Å². The van der Waals surface area contributed by atoms with Crippen LogP contribution in [0.1, 0.15) is 63.1 Å². The Labute approximate surface area is 175 Å². The van der Waals surface area contributed by atoms with E-state index in [1.807, 2.05) is 18.2 Å². The van der Waals surface area contributed by atoms with Crippen LogP contribution >= 0.6 is 0 Å². The van der Waals surface area contributed by atoms with Crippen LogP contribution in [0.15, 0.2) is 71.7 Å². The molecule has 0 unspecified atom stereocenters. The standard InChI is InChI=1S/C27H31NO/c1-18(2)23-14-10-15-24(19(3)4)27(23)28-20(5)21-11-9-12-22(17-21)25-13-7-8-16-26(25)29-6/h7-19H,1-6H3/b28-20+. The van der Waals surface area contributed by atoms with Gasteiger partial charge in [-0.2, -0.15) is 0 Å². The van der Waals surface area contributed by atoms with Gasteiger partial charge in [-0.25, -0.2) is 0 Å². The Morgan fingerprint density at radius 3 is 2.03 bits per heavy atom. The van der Waals surface area contributed by atoms with Crippen molar-refractivity contribution in [3.05, 3.63) is 83.4 Å². The van der Waals surface area contributed by atoms with Gasteiger partial charge in [-0.3, -0.25) is 4.99 Å². The maximum Gasteiger partial charge on any atom is 0.126 e. The molecule has 0 aliphatic heterocycles. The molecule has 3 aromatic rings. The van der Waals surface area contributed by atoms with E-state index in [9.17, 15) is 0 Å². The van der Waals surface area contributed by atoms with Gasteiger partial charge in [0.05, 0.1) is 12.8 Å². The molecule has 3 rings (SSSR count). The van der Waals surface area contributed by atoms with Crippen LogP contribution < -0.4 is 4.74 Å². The molecule has 0 aliphatic rings. The van der Waals surface area contributed by atoms with E-state index in [-0.39, 0.29) is 0 Å². The number of para-hydroxylation sites is 2. The molecular weight excluding hydrogens is 354 g/mol. The highest BCUT2D eigenvalue weighted by Crippen LogP contribution is 2.36. The van der Waals surface area contributed by atoms with Crippen molar-refractivity contribution in [3.63, 3.8) is 0 Å². The van der Waals surface area contributed by atoms with Crippen molar-refractivity contribution >= 4 is 11.4 Å². The Kier molecular flexibility index (Phi) is 6.53. The van der Waals surface area contributed by atoms with Crippen LogP contribution in [0.2, 0.25) is 0 Å². The first kappa shape index (κ1) is 20.9. The molecule has 150 valence electrons. The van der Waals surface area contributed by atoms with Crippen LogP contribution in [0.4, 0.5) is 5.69 Å². The summed E-state index contributed by atoms with van der Waals surface area (Å²) in [5.74, 6) is 1.74. The first-order valence-corrected chi connectivity index (χ1v) is 10.3. The van der Waals surface area contributed by atoms with E-state index in [1.165, 1.54) is 11.1 Å². The fourth-order valence-corrected chi connectivity index (χ4v) is 3.67. The van der Waals surface area contributed by atoms with Crippen molar-refractivity contribution < 1.29 is 4.74 Å². The van der Waals surface area contributed by atoms with Gasteiger partial charge < -0.3 is 4.74 Å². The topological polar surface area (TPSA) is 21.6 Å². The predicted octanol–water partition coefficient (Wildman–Crippen LogP) is 7.75. The molecule has 3 aromatic carbocycles. The molecule has 0 radical (unpaired) electrons. The van der Waals surface area contributed by atoms with Gasteiger partial charge in [0.25, 0.3) is 0 Å². The molecular formula is C27H31NO. The van der Waals surface area contributed by atoms with Crippen LogP contribution in [-0.4, -0.2) is 12.8 Å². The molecule has 0 saturated heterocycles. The molecule has 0 heterocycles. The summed E-state index contributed by atoms with van der Waals surface area (Å²) in [5, 5.41) is 0. The lowest BCUT2D eigenvalue weighted by Gasteiger charge is -2.17. The summed E-state index contributed by atoms with van der Waals surface area (Å²) >= 11 is 0. The average Bonchev–Trinajstić information content (AvgIpc) is 2.73. The molecule has 0 aromatic heterocycles. The minimum Gasteiger partial charge on any atom is -0.496 e. The minimum absolute atomic E-state index is 0.431. The number of aliphatic imine (C=N–C) groups is 1. The van der Waals surface area contributed by atoms with Crippen LogP contribution in [0, 0.1) is 0 Å². The van der Waals surface area contributed by atoms with Crippen LogP contribution in [0.25, 0.3) is 11.1 Å². The fraction of sp³-hybridized carbons (Fsp3) is 0.296. The van der Waals surface area contributed by atoms with Gasteiger partial charge in [0.2, 0.25) is 0 Å². The Bertz CT molecular complexity index is 988. The minimum atomic E-state index is 0.431. The van der Waals surface area contributed by atoms with Gasteiger partial charge >= 0.3 is 0 Å². The van der Waals surface area contributed by atoms with Gasteiger partial charge in [-0.05, 0) is 53.1 Å². The van der Waals surface area contributed by atoms with Crippen molar-refractivity contribution in [3.8, 4) is 16.9 Å². The normalized spacial score (nSPS) is 11.9. The zero-order valence-electron chi connectivity index (χ0n) is 18.4. The largest absolute Gasteiger partial charge is 0.496 e. The Morgan fingerprint density at radius 2 is 1.41 bits per heavy atom. The molecule has 0 N–H and O–H groups in total. The molecule has 29 heavy (non-hydrogen) atoms. The van der Waals surface area contributed by atoms with Crippen LogP contribution in [-0.2, 0) is 0 Å². The average molecular weight is 386 g/mol. The Hall–Kier alpha value is -2.87. The number of benzene rings is 3. The molecule has 0 spiro atoms. The highest BCUT2D eigenvalue weighted by Gasteiger charge is 2.14. The summed E-state index contributed by atoms with van der Waals surface area (Å²) in [4.78, 5) is 5.13. The van der Waals surface area contributed by atoms with E-state index in [0.29, 0.717) is 11.8 Å². The van der Waals surface area contributed by atoms with E-state index >= 15 is 0 Å². The third-order valence-electron chi connectivity index (χ3n) is 5.32. The Balaban J connectivity index is 2.09. The van der Waals surface area contributed by atoms with Crippen molar-refractivity contribution in [2.45, 2.75) is 46.5 Å². The van der Waals surface area contributed by atoms with E-state index in [1.54, 1.807) is 7.11 Å². The summed E-state index contributed by atoms with van der Waals surface area (Å²) in [6.07, 6.45) is 0. The molecule has 0 saturated carbocycles. The zero-order valence-corrected chi connectivity index (χ0v) is 18.4. The second-order valence-electron chi connectivity index (χ2n) is 8.07. The third-order valence-corrected chi connectivity index (χ3v) is 5.32.